The first kappa shape index (κ1) is 28.6. The average Bonchev–Trinajstić information content (AvgIpc) is 2.84. The number of aliphatic hydroxyl groups excluding tert-OH is 1. The smallest absolute Gasteiger partial charge is 0.247 e. The van der Waals surface area contributed by atoms with Crippen molar-refractivity contribution >= 4 is 15.9 Å². The van der Waals surface area contributed by atoms with Gasteiger partial charge in [-0.05, 0) is 63.5 Å². The van der Waals surface area contributed by atoms with E-state index >= 15 is 0 Å². The van der Waals surface area contributed by atoms with Gasteiger partial charge in [-0.2, -0.15) is 4.31 Å². The average molecular weight is 532 g/mol. The minimum Gasteiger partial charge on any atom is -0.487 e. The van der Waals surface area contributed by atoms with E-state index in [2.05, 4.69) is 11.8 Å². The molecule has 0 spiro atoms. The third-order valence-electron chi connectivity index (χ3n) is 6.19. The molecule has 0 aliphatic carbocycles. The van der Waals surface area contributed by atoms with E-state index < -0.39 is 22.2 Å². The molecule has 10 heteroatoms. The van der Waals surface area contributed by atoms with Gasteiger partial charge in [-0.3, -0.25) is 4.79 Å². The topological polar surface area (TPSA) is 90.4 Å². The van der Waals surface area contributed by atoms with E-state index in [1.54, 1.807) is 48.0 Å². The van der Waals surface area contributed by atoms with Gasteiger partial charge in [-0.15, -0.1) is 0 Å². The molecule has 1 N–H and O–H groups in total. The van der Waals surface area contributed by atoms with E-state index in [0.29, 0.717) is 11.1 Å². The molecule has 1 heterocycles. The highest BCUT2D eigenvalue weighted by Gasteiger charge is 2.38. The second-order valence-corrected chi connectivity index (χ2v) is 11.5. The van der Waals surface area contributed by atoms with Crippen LogP contribution in [0.25, 0.3) is 0 Å². The summed E-state index contributed by atoms with van der Waals surface area (Å²) in [5.74, 6) is 5.31. The van der Waals surface area contributed by atoms with Crippen LogP contribution in [0.15, 0.2) is 47.4 Å². The number of carbonyl (C=O) groups excluding carboxylic acids is 1. The number of carbonyl (C=O) groups is 1. The zero-order valence-electron chi connectivity index (χ0n) is 21.8. The highest BCUT2D eigenvalue weighted by atomic mass is 32.2. The van der Waals surface area contributed by atoms with Crippen molar-refractivity contribution in [2.75, 3.05) is 47.4 Å². The lowest BCUT2D eigenvalue weighted by Gasteiger charge is -2.37. The third-order valence-corrected chi connectivity index (χ3v) is 8.21. The van der Waals surface area contributed by atoms with E-state index in [9.17, 15) is 22.7 Å². The molecule has 3 rings (SSSR count). The lowest BCUT2D eigenvalue weighted by molar-refractivity contribution is -0.132. The van der Waals surface area contributed by atoms with Crippen LogP contribution >= 0.6 is 0 Å². The van der Waals surface area contributed by atoms with Crippen LogP contribution in [0.1, 0.15) is 25.0 Å². The van der Waals surface area contributed by atoms with Crippen molar-refractivity contribution in [2.45, 2.75) is 30.9 Å². The fourth-order valence-corrected chi connectivity index (χ4v) is 5.79. The molecule has 200 valence electrons. The van der Waals surface area contributed by atoms with Gasteiger partial charge >= 0.3 is 0 Å². The summed E-state index contributed by atoms with van der Waals surface area (Å²) in [4.78, 5) is 15.9. The van der Waals surface area contributed by atoms with E-state index in [1.807, 2.05) is 21.0 Å². The molecular formula is C27H34FN3O5S. The van der Waals surface area contributed by atoms with Crippen LogP contribution in [0.3, 0.4) is 0 Å². The number of rotatable bonds is 6. The number of aliphatic hydroxyl groups is 1. The maximum atomic E-state index is 13.6. The standard InChI is InChI=1S/C27H34FN3O5S/c1-19-15-31(20(2)18-32)37(34,35)26-13-10-22(7-6-21-8-11-23(28)12-9-21)14-24(26)36-25(19)16-30(5)27(33)17-29(3)4/h8-14,19-20,25,32H,15-18H2,1-5H3/t19-,20-,25+/m1/s1. The summed E-state index contributed by atoms with van der Waals surface area (Å²) in [7, 11) is 1.32. The molecule has 0 fully saturated rings. The van der Waals surface area contributed by atoms with Gasteiger partial charge in [0, 0.05) is 36.7 Å². The Morgan fingerprint density at radius 3 is 2.41 bits per heavy atom. The normalized spacial score (nSPS) is 20.0. The number of fused-ring (bicyclic) bond motifs is 1. The molecule has 3 atom stereocenters. The second-order valence-electron chi connectivity index (χ2n) is 9.67. The van der Waals surface area contributed by atoms with Gasteiger partial charge in [-0.25, -0.2) is 12.8 Å². The number of halogens is 1. The highest BCUT2D eigenvalue weighted by Crippen LogP contribution is 2.34. The Morgan fingerprint density at radius 1 is 1.16 bits per heavy atom. The Kier molecular flexibility index (Phi) is 9.31. The molecule has 0 saturated carbocycles. The molecule has 0 saturated heterocycles. The fraction of sp³-hybridized carbons (Fsp3) is 0.444. The third kappa shape index (κ3) is 7.08. The van der Waals surface area contributed by atoms with E-state index in [0.717, 1.165) is 0 Å². The second kappa shape index (κ2) is 12.0. The van der Waals surface area contributed by atoms with Gasteiger partial charge < -0.3 is 19.6 Å². The summed E-state index contributed by atoms with van der Waals surface area (Å²) >= 11 is 0. The number of nitrogens with zero attached hydrogens (tertiary/aromatic N) is 3. The van der Waals surface area contributed by atoms with Crippen molar-refractivity contribution in [1.29, 1.82) is 0 Å². The molecular weight excluding hydrogens is 497 g/mol. The monoisotopic (exact) mass is 531 g/mol. The fourth-order valence-electron chi connectivity index (χ4n) is 3.96. The largest absolute Gasteiger partial charge is 0.487 e. The van der Waals surface area contributed by atoms with Crippen molar-refractivity contribution in [3.8, 4) is 17.6 Å². The van der Waals surface area contributed by atoms with Crippen LogP contribution in [-0.4, -0.2) is 93.1 Å². The maximum absolute atomic E-state index is 13.6. The SMILES string of the molecule is C[C@@H]1CN([C@H](C)CO)S(=O)(=O)c2ccc(C#Cc3ccc(F)cc3)cc2O[C@H]1CN(C)C(=O)CN(C)C. The summed E-state index contributed by atoms with van der Waals surface area (Å²) in [6, 6.07) is 9.71. The molecule has 1 aliphatic heterocycles. The minimum atomic E-state index is -3.99. The zero-order valence-corrected chi connectivity index (χ0v) is 22.6. The molecule has 0 radical (unpaired) electrons. The molecule has 0 aromatic heterocycles. The first-order chi connectivity index (χ1) is 17.4. The van der Waals surface area contributed by atoms with Crippen molar-refractivity contribution in [2.24, 2.45) is 5.92 Å². The molecule has 1 aliphatic rings. The number of likely N-dealkylation sites (N-methyl/N-ethyl adjacent to an activating group) is 2. The molecule has 0 unspecified atom stereocenters. The summed E-state index contributed by atoms with van der Waals surface area (Å²) in [5.41, 5.74) is 1.13. The first-order valence-corrected chi connectivity index (χ1v) is 13.5. The van der Waals surface area contributed by atoms with Crippen molar-refractivity contribution < 1.29 is 27.4 Å². The van der Waals surface area contributed by atoms with E-state index in [1.165, 1.54) is 22.5 Å². The summed E-state index contributed by atoms with van der Waals surface area (Å²) < 4.78 is 48.0. The van der Waals surface area contributed by atoms with Crippen LogP contribution in [0.4, 0.5) is 4.39 Å². The first-order valence-electron chi connectivity index (χ1n) is 12.0. The number of hydrogen-bond donors (Lipinski definition) is 1. The van der Waals surface area contributed by atoms with Crippen molar-refractivity contribution in [1.82, 2.24) is 14.1 Å². The highest BCUT2D eigenvalue weighted by molar-refractivity contribution is 7.89. The van der Waals surface area contributed by atoms with Crippen LogP contribution in [0.2, 0.25) is 0 Å². The predicted octanol–water partition coefficient (Wildman–Crippen LogP) is 2.01. The molecule has 8 nitrogen and oxygen atoms in total. The Hall–Kier alpha value is -2.97. The van der Waals surface area contributed by atoms with Gasteiger partial charge in [0.15, 0.2) is 0 Å². The molecule has 37 heavy (non-hydrogen) atoms. The minimum absolute atomic E-state index is 0.0284. The Balaban J connectivity index is 2.03. The number of ether oxygens (including phenoxy) is 1. The Labute approximate surface area is 218 Å². The van der Waals surface area contributed by atoms with Gasteiger partial charge in [0.05, 0.1) is 19.7 Å². The van der Waals surface area contributed by atoms with Crippen molar-refractivity contribution in [3.63, 3.8) is 0 Å². The Morgan fingerprint density at radius 2 is 1.78 bits per heavy atom. The van der Waals surface area contributed by atoms with Crippen LogP contribution < -0.4 is 4.74 Å². The number of sulfonamides is 1. The summed E-state index contributed by atoms with van der Waals surface area (Å²) in [5, 5.41) is 9.79. The number of amides is 1. The van der Waals surface area contributed by atoms with Gasteiger partial charge in [0.25, 0.3) is 0 Å². The summed E-state index contributed by atoms with van der Waals surface area (Å²) in [6.07, 6.45) is -0.515. The quantitative estimate of drug-likeness (QED) is 0.574. The van der Waals surface area contributed by atoms with Gasteiger partial charge in [-0.1, -0.05) is 18.8 Å². The van der Waals surface area contributed by atoms with Crippen LogP contribution in [0.5, 0.6) is 5.75 Å². The zero-order chi connectivity index (χ0) is 27.3. The Bertz CT molecular complexity index is 1270. The molecule has 1 amide bonds. The molecule has 0 bridgehead atoms. The number of benzene rings is 2. The van der Waals surface area contributed by atoms with Gasteiger partial charge in [0.1, 0.15) is 22.6 Å². The lowest BCUT2D eigenvalue weighted by atomic mass is 10.0. The van der Waals surface area contributed by atoms with E-state index in [4.69, 9.17) is 4.74 Å². The lowest BCUT2D eigenvalue weighted by Crippen LogP contribution is -2.50. The number of hydrogen-bond acceptors (Lipinski definition) is 6. The molecule has 2 aromatic carbocycles. The summed E-state index contributed by atoms with van der Waals surface area (Å²) in [6.45, 7) is 3.78. The van der Waals surface area contributed by atoms with Gasteiger partial charge in [0.2, 0.25) is 15.9 Å². The van der Waals surface area contributed by atoms with Crippen LogP contribution in [-0.2, 0) is 14.8 Å². The molecule has 2 aromatic rings. The predicted molar refractivity (Wildman–Crippen MR) is 139 cm³/mol. The van der Waals surface area contributed by atoms with Crippen molar-refractivity contribution in [3.05, 3.63) is 59.4 Å². The van der Waals surface area contributed by atoms with Crippen LogP contribution in [0, 0.1) is 23.6 Å². The maximum Gasteiger partial charge on any atom is 0.247 e. The van der Waals surface area contributed by atoms with E-state index in [-0.39, 0.29) is 54.5 Å².